The Bertz CT molecular complexity index is 326. The van der Waals surface area contributed by atoms with Gasteiger partial charge in [0.25, 0.3) is 0 Å². The number of nitrogens with two attached hydrogens (primary N) is 1. The summed E-state index contributed by atoms with van der Waals surface area (Å²) >= 11 is 3.40. The second kappa shape index (κ2) is 4.66. The number of phenolic OH excluding ortho intramolecular Hbond substituents is 1. The van der Waals surface area contributed by atoms with E-state index in [2.05, 4.69) is 15.9 Å². The molecule has 1 aromatic rings. The second-order valence-electron chi connectivity index (χ2n) is 3.30. The molecule has 0 aliphatic carbocycles. The van der Waals surface area contributed by atoms with E-state index in [-0.39, 0.29) is 11.8 Å². The average molecular weight is 260 g/mol. The van der Waals surface area contributed by atoms with E-state index < -0.39 is 0 Å². The van der Waals surface area contributed by atoms with Crippen LogP contribution in [-0.2, 0) is 6.42 Å². The zero-order valence-corrected chi connectivity index (χ0v) is 9.84. The molecule has 0 aromatic heterocycles. The van der Waals surface area contributed by atoms with Gasteiger partial charge in [-0.2, -0.15) is 0 Å². The molecule has 3 N–H and O–H groups in total. The summed E-state index contributed by atoms with van der Waals surface area (Å²) in [6.45, 7) is 1.92. The van der Waals surface area contributed by atoms with E-state index in [1.165, 1.54) is 7.11 Å². The van der Waals surface area contributed by atoms with Crippen LogP contribution in [0.15, 0.2) is 16.6 Å². The van der Waals surface area contributed by atoms with Gasteiger partial charge in [0.2, 0.25) is 0 Å². The van der Waals surface area contributed by atoms with Crippen molar-refractivity contribution in [3.63, 3.8) is 0 Å². The Morgan fingerprint density at radius 1 is 1.57 bits per heavy atom. The SMILES string of the molecule is COc1cc(Br)c(C[C@H](C)N)cc1O. The van der Waals surface area contributed by atoms with Gasteiger partial charge in [-0.3, -0.25) is 0 Å². The standard InChI is InChI=1S/C10H14BrNO2/c1-6(12)3-7-4-9(13)10(14-2)5-8(7)11/h4-6,13H,3,12H2,1-2H3/t6-/m0/s1. The molecule has 0 aliphatic heterocycles. The van der Waals surface area contributed by atoms with Gasteiger partial charge in [0.05, 0.1) is 7.11 Å². The fraction of sp³-hybridized carbons (Fsp3) is 0.400. The van der Waals surface area contributed by atoms with Crippen molar-refractivity contribution < 1.29 is 9.84 Å². The Morgan fingerprint density at radius 3 is 2.71 bits per heavy atom. The molecule has 0 heterocycles. The first kappa shape index (κ1) is 11.3. The zero-order chi connectivity index (χ0) is 10.7. The molecule has 3 nitrogen and oxygen atoms in total. The van der Waals surface area contributed by atoms with Crippen LogP contribution < -0.4 is 10.5 Å². The summed E-state index contributed by atoms with van der Waals surface area (Å²) in [5, 5.41) is 9.54. The van der Waals surface area contributed by atoms with Crippen molar-refractivity contribution >= 4 is 15.9 Å². The third-order valence-corrected chi connectivity index (χ3v) is 2.63. The molecule has 1 atom stereocenters. The molecule has 78 valence electrons. The van der Waals surface area contributed by atoms with E-state index in [1.54, 1.807) is 12.1 Å². The van der Waals surface area contributed by atoms with Crippen LogP contribution in [0.5, 0.6) is 11.5 Å². The topological polar surface area (TPSA) is 55.5 Å². The van der Waals surface area contributed by atoms with Crippen LogP contribution in [0, 0.1) is 0 Å². The second-order valence-corrected chi connectivity index (χ2v) is 4.15. The molecule has 0 amide bonds. The lowest BCUT2D eigenvalue weighted by Crippen LogP contribution is -2.17. The van der Waals surface area contributed by atoms with Crippen LogP contribution in [0.2, 0.25) is 0 Å². The lowest BCUT2D eigenvalue weighted by Gasteiger charge is -2.10. The number of hydrogen-bond acceptors (Lipinski definition) is 3. The Kier molecular flexibility index (Phi) is 3.77. The number of rotatable bonds is 3. The number of hydrogen-bond donors (Lipinski definition) is 2. The number of phenols is 1. The maximum atomic E-state index is 9.54. The fourth-order valence-corrected chi connectivity index (χ4v) is 1.74. The fourth-order valence-electron chi connectivity index (χ4n) is 1.25. The summed E-state index contributed by atoms with van der Waals surface area (Å²) in [5.74, 6) is 0.608. The molecule has 0 saturated carbocycles. The molecule has 0 aliphatic rings. The molecule has 0 spiro atoms. The summed E-state index contributed by atoms with van der Waals surface area (Å²) in [7, 11) is 1.52. The summed E-state index contributed by atoms with van der Waals surface area (Å²) in [6.07, 6.45) is 0.720. The highest BCUT2D eigenvalue weighted by Crippen LogP contribution is 2.32. The molecule has 0 bridgehead atoms. The third kappa shape index (κ3) is 2.62. The Hall–Kier alpha value is -0.740. The number of benzene rings is 1. The average Bonchev–Trinajstić information content (AvgIpc) is 2.10. The molecule has 0 radical (unpaired) electrons. The third-order valence-electron chi connectivity index (χ3n) is 1.89. The maximum absolute atomic E-state index is 9.54. The van der Waals surface area contributed by atoms with Crippen LogP contribution in [0.25, 0.3) is 0 Å². The minimum absolute atomic E-state index is 0.0686. The largest absolute Gasteiger partial charge is 0.504 e. The number of ether oxygens (including phenoxy) is 1. The molecule has 0 saturated heterocycles. The van der Waals surface area contributed by atoms with Gasteiger partial charge in [0.1, 0.15) is 0 Å². The van der Waals surface area contributed by atoms with E-state index in [0.29, 0.717) is 5.75 Å². The highest BCUT2D eigenvalue weighted by Gasteiger charge is 2.09. The highest BCUT2D eigenvalue weighted by molar-refractivity contribution is 9.10. The maximum Gasteiger partial charge on any atom is 0.161 e. The van der Waals surface area contributed by atoms with Gasteiger partial charge in [-0.05, 0) is 31.0 Å². The molecule has 0 fully saturated rings. The molecular weight excluding hydrogens is 246 g/mol. The summed E-state index contributed by atoms with van der Waals surface area (Å²) in [6, 6.07) is 3.48. The predicted octanol–water partition coefficient (Wildman–Crippen LogP) is 2.05. The predicted molar refractivity (Wildman–Crippen MR) is 59.7 cm³/mol. The van der Waals surface area contributed by atoms with E-state index in [4.69, 9.17) is 10.5 Å². The van der Waals surface area contributed by atoms with Gasteiger partial charge in [-0.1, -0.05) is 15.9 Å². The lowest BCUT2D eigenvalue weighted by atomic mass is 10.1. The summed E-state index contributed by atoms with van der Waals surface area (Å²) < 4.78 is 5.88. The summed E-state index contributed by atoms with van der Waals surface area (Å²) in [4.78, 5) is 0. The first-order valence-corrected chi connectivity index (χ1v) is 5.15. The highest BCUT2D eigenvalue weighted by atomic mass is 79.9. The molecular formula is C10H14BrNO2. The normalized spacial score (nSPS) is 12.6. The summed E-state index contributed by atoms with van der Waals surface area (Å²) in [5.41, 5.74) is 6.66. The first-order valence-electron chi connectivity index (χ1n) is 4.35. The quantitative estimate of drug-likeness (QED) is 0.874. The van der Waals surface area contributed by atoms with E-state index in [1.807, 2.05) is 6.92 Å². The van der Waals surface area contributed by atoms with Crippen molar-refractivity contribution in [2.24, 2.45) is 5.73 Å². The van der Waals surface area contributed by atoms with Gasteiger partial charge in [0, 0.05) is 10.5 Å². The van der Waals surface area contributed by atoms with Crippen molar-refractivity contribution in [2.75, 3.05) is 7.11 Å². The van der Waals surface area contributed by atoms with Crippen molar-refractivity contribution in [1.82, 2.24) is 0 Å². The van der Waals surface area contributed by atoms with Gasteiger partial charge >= 0.3 is 0 Å². The van der Waals surface area contributed by atoms with Gasteiger partial charge in [0.15, 0.2) is 11.5 Å². The Labute approximate surface area is 92.0 Å². The van der Waals surface area contributed by atoms with Gasteiger partial charge in [-0.25, -0.2) is 0 Å². The smallest absolute Gasteiger partial charge is 0.161 e. The molecule has 14 heavy (non-hydrogen) atoms. The van der Waals surface area contributed by atoms with Gasteiger partial charge < -0.3 is 15.6 Å². The first-order chi connectivity index (χ1) is 6.54. The monoisotopic (exact) mass is 259 g/mol. The molecule has 1 aromatic carbocycles. The minimum Gasteiger partial charge on any atom is -0.504 e. The lowest BCUT2D eigenvalue weighted by molar-refractivity contribution is 0.372. The van der Waals surface area contributed by atoms with Crippen LogP contribution in [-0.4, -0.2) is 18.3 Å². The van der Waals surface area contributed by atoms with Crippen LogP contribution in [0.1, 0.15) is 12.5 Å². The molecule has 1 rings (SSSR count). The van der Waals surface area contributed by atoms with Crippen molar-refractivity contribution in [1.29, 1.82) is 0 Å². The Morgan fingerprint density at radius 2 is 2.21 bits per heavy atom. The van der Waals surface area contributed by atoms with Crippen molar-refractivity contribution in [3.8, 4) is 11.5 Å². The zero-order valence-electron chi connectivity index (χ0n) is 8.25. The number of methoxy groups -OCH3 is 1. The van der Waals surface area contributed by atoms with E-state index in [0.717, 1.165) is 16.5 Å². The van der Waals surface area contributed by atoms with E-state index in [9.17, 15) is 5.11 Å². The van der Waals surface area contributed by atoms with Crippen molar-refractivity contribution in [2.45, 2.75) is 19.4 Å². The van der Waals surface area contributed by atoms with Crippen LogP contribution >= 0.6 is 15.9 Å². The number of halogens is 1. The molecule has 4 heteroatoms. The van der Waals surface area contributed by atoms with Crippen LogP contribution in [0.4, 0.5) is 0 Å². The Balaban J connectivity index is 3.02. The van der Waals surface area contributed by atoms with Gasteiger partial charge in [-0.15, -0.1) is 0 Å². The minimum atomic E-state index is 0.0686. The van der Waals surface area contributed by atoms with E-state index >= 15 is 0 Å². The number of aromatic hydroxyl groups is 1. The molecule has 0 unspecified atom stereocenters. The van der Waals surface area contributed by atoms with Crippen LogP contribution in [0.3, 0.4) is 0 Å². The van der Waals surface area contributed by atoms with Crippen molar-refractivity contribution in [3.05, 3.63) is 22.2 Å².